The fourth-order valence-corrected chi connectivity index (χ4v) is 9.97. The summed E-state index contributed by atoms with van der Waals surface area (Å²) in [6, 6.07) is -4.40. The number of carbonyl (C=O) groups excluding carboxylic acids is 6. The van der Waals surface area contributed by atoms with Crippen molar-refractivity contribution in [1.82, 2.24) is 31.1 Å². The lowest BCUT2D eigenvalue weighted by atomic mass is 9.73. The van der Waals surface area contributed by atoms with Gasteiger partial charge in [-0.15, -0.1) is 0 Å². The van der Waals surface area contributed by atoms with E-state index in [9.17, 15) is 28.8 Å². The first kappa shape index (κ1) is 39.0. The molecule has 0 bridgehead atoms. The van der Waals surface area contributed by atoms with Gasteiger partial charge in [-0.25, -0.2) is 4.79 Å². The number of urea groups is 1. The van der Waals surface area contributed by atoms with Crippen molar-refractivity contribution in [2.24, 2.45) is 39.2 Å². The second-order valence-electron chi connectivity index (χ2n) is 18.9. The maximum absolute atomic E-state index is 14.8. The fourth-order valence-electron chi connectivity index (χ4n) is 9.97. The Labute approximate surface area is 303 Å². The van der Waals surface area contributed by atoms with Crippen LogP contribution in [0.4, 0.5) is 4.79 Å². The van der Waals surface area contributed by atoms with Crippen LogP contribution in [0.15, 0.2) is 0 Å². The summed E-state index contributed by atoms with van der Waals surface area (Å²) in [5, 5.41) is 12.1. The Morgan fingerprint density at radius 3 is 2.00 bits per heavy atom. The van der Waals surface area contributed by atoms with Gasteiger partial charge in [0.2, 0.25) is 23.5 Å². The van der Waals surface area contributed by atoms with Crippen LogP contribution in [-0.2, 0) is 24.0 Å². The highest BCUT2D eigenvalue weighted by atomic mass is 16.2. The molecule has 1 unspecified atom stereocenters. The molecule has 3 saturated carbocycles. The van der Waals surface area contributed by atoms with Gasteiger partial charge >= 0.3 is 6.03 Å². The molecule has 2 aliphatic heterocycles. The van der Waals surface area contributed by atoms with E-state index < -0.39 is 53.2 Å². The standard InChI is InChI=1S/C38H63N7O6/c1-22(2)26(31(49)44-17-16-40-35(6,7)20-44)42-33(51)43-28(34(3,4)5)32(50)45-21-38(36(8,9)37(38)14-11-15-37)19-25(45)30(48)41-24(27(46)29(39)47)18-23-12-10-13-23/h22-26,28,40H,10-21H2,1-9H3,(H2,39,47)(H,41,48)(H2,42,43,51)/t24?,25-,26-,28+,38+/m0/s1. The molecule has 0 aromatic rings. The van der Waals surface area contributed by atoms with Crippen LogP contribution in [0, 0.1) is 33.5 Å². The molecule has 6 amide bonds. The quantitative estimate of drug-likeness (QED) is 0.204. The van der Waals surface area contributed by atoms with Gasteiger partial charge in [-0.1, -0.05) is 74.1 Å². The number of fused-ring (bicyclic) bond motifs is 1. The number of amides is 6. The number of nitrogens with one attached hydrogen (secondary N) is 4. The smallest absolute Gasteiger partial charge is 0.316 e. The van der Waals surface area contributed by atoms with Crippen molar-refractivity contribution >= 4 is 35.4 Å². The molecule has 5 fully saturated rings. The number of carbonyl (C=O) groups is 6. The monoisotopic (exact) mass is 713 g/mol. The summed E-state index contributed by atoms with van der Waals surface area (Å²) in [5.74, 6) is -2.93. The zero-order valence-electron chi connectivity index (χ0n) is 32.4. The minimum Gasteiger partial charge on any atom is -0.363 e. The van der Waals surface area contributed by atoms with Gasteiger partial charge in [-0.05, 0) is 67.6 Å². The van der Waals surface area contributed by atoms with Crippen LogP contribution in [0.2, 0.25) is 0 Å². The first-order valence-electron chi connectivity index (χ1n) is 19.1. The summed E-state index contributed by atoms with van der Waals surface area (Å²) in [4.78, 5) is 84.8. The SMILES string of the molecule is CC(C)[C@H](NC(=O)N[C@H](C(=O)N1C[C@]2(C[C@H]1C(=O)NC(CC1CCC1)C(=O)C(N)=O)C(C)(C)C21CCC1)C(C)(C)C)C(=O)N1CCNC(C)(C)C1. The third-order valence-electron chi connectivity index (χ3n) is 13.6. The van der Waals surface area contributed by atoms with E-state index in [0.717, 1.165) is 38.5 Å². The van der Waals surface area contributed by atoms with Crippen molar-refractivity contribution in [3.8, 4) is 0 Å². The summed E-state index contributed by atoms with van der Waals surface area (Å²) in [6.07, 6.45) is 6.80. The van der Waals surface area contributed by atoms with Gasteiger partial charge in [0.1, 0.15) is 18.1 Å². The third kappa shape index (κ3) is 7.00. The maximum Gasteiger partial charge on any atom is 0.316 e. The Hall–Kier alpha value is -3.22. The molecule has 13 heteroatoms. The van der Waals surface area contributed by atoms with Gasteiger partial charge in [-0.2, -0.15) is 0 Å². The van der Waals surface area contributed by atoms with E-state index in [1.807, 2.05) is 48.5 Å². The maximum atomic E-state index is 14.8. The Balaban J connectivity index is 1.38. The van der Waals surface area contributed by atoms with Crippen LogP contribution in [-0.4, -0.2) is 101 Å². The fraction of sp³-hybridized carbons (Fsp3) is 0.842. The summed E-state index contributed by atoms with van der Waals surface area (Å²) >= 11 is 0. The number of Topliss-reactive ketones (excluding diaryl/α,β-unsaturated/α-hetero) is 1. The summed E-state index contributed by atoms with van der Waals surface area (Å²) in [7, 11) is 0. The molecule has 13 nitrogen and oxygen atoms in total. The lowest BCUT2D eigenvalue weighted by molar-refractivity contribution is -0.143. The molecule has 0 radical (unpaired) electrons. The molecule has 0 aromatic heterocycles. The van der Waals surface area contributed by atoms with Crippen molar-refractivity contribution in [1.29, 1.82) is 0 Å². The highest BCUT2D eigenvalue weighted by Crippen LogP contribution is 2.88. The molecule has 5 atom stereocenters. The second-order valence-corrected chi connectivity index (χ2v) is 18.9. The zero-order chi connectivity index (χ0) is 37.9. The highest BCUT2D eigenvalue weighted by molar-refractivity contribution is 6.37. The average molecular weight is 714 g/mol. The van der Waals surface area contributed by atoms with Crippen molar-refractivity contribution < 1.29 is 28.8 Å². The van der Waals surface area contributed by atoms with Crippen molar-refractivity contribution in [3.63, 3.8) is 0 Å². The van der Waals surface area contributed by atoms with Gasteiger partial charge in [0.15, 0.2) is 0 Å². The van der Waals surface area contributed by atoms with E-state index in [-0.39, 0.29) is 45.4 Å². The van der Waals surface area contributed by atoms with Gasteiger partial charge < -0.3 is 36.8 Å². The summed E-state index contributed by atoms with van der Waals surface area (Å²) < 4.78 is 0. The van der Waals surface area contributed by atoms with E-state index >= 15 is 0 Å². The molecule has 5 rings (SSSR count). The van der Waals surface area contributed by atoms with Gasteiger partial charge in [0.05, 0.1) is 6.04 Å². The molecule has 0 aromatic carbocycles. The van der Waals surface area contributed by atoms with Crippen LogP contribution >= 0.6 is 0 Å². The van der Waals surface area contributed by atoms with E-state index in [1.54, 1.807) is 9.80 Å². The minimum absolute atomic E-state index is 0.0212. The number of ketones is 1. The van der Waals surface area contributed by atoms with Crippen molar-refractivity contribution in [2.45, 2.75) is 143 Å². The Kier molecular flexibility index (Phi) is 10.4. The predicted octanol–water partition coefficient (Wildman–Crippen LogP) is 2.46. The zero-order valence-corrected chi connectivity index (χ0v) is 32.4. The number of hydrogen-bond donors (Lipinski definition) is 5. The topological polar surface area (TPSA) is 183 Å². The van der Waals surface area contributed by atoms with Gasteiger partial charge in [-0.3, -0.25) is 24.0 Å². The molecular formula is C38H63N7O6. The van der Waals surface area contributed by atoms with Crippen molar-refractivity contribution in [2.75, 3.05) is 26.2 Å². The largest absolute Gasteiger partial charge is 0.363 e. The van der Waals surface area contributed by atoms with Crippen LogP contribution in [0.3, 0.4) is 0 Å². The minimum atomic E-state index is -1.09. The van der Waals surface area contributed by atoms with Gasteiger partial charge in [0, 0.05) is 37.1 Å². The Bertz CT molecular complexity index is 1430. The van der Waals surface area contributed by atoms with Crippen molar-refractivity contribution in [3.05, 3.63) is 0 Å². The number of piperazine rings is 1. The number of primary amides is 1. The molecule has 51 heavy (non-hydrogen) atoms. The molecule has 2 saturated heterocycles. The number of likely N-dealkylation sites (tertiary alicyclic amines) is 1. The number of nitrogens with zero attached hydrogens (tertiary/aromatic N) is 2. The summed E-state index contributed by atoms with van der Waals surface area (Å²) in [6.45, 7) is 19.9. The number of hydrogen-bond acceptors (Lipinski definition) is 7. The molecule has 3 aliphatic carbocycles. The lowest BCUT2D eigenvalue weighted by Gasteiger charge is -2.41. The lowest BCUT2D eigenvalue weighted by Crippen LogP contribution is -2.64. The predicted molar refractivity (Wildman–Crippen MR) is 193 cm³/mol. The van der Waals surface area contributed by atoms with E-state index in [2.05, 4.69) is 35.1 Å². The molecule has 5 aliphatic rings. The second kappa shape index (κ2) is 13.6. The Morgan fingerprint density at radius 1 is 0.882 bits per heavy atom. The molecule has 2 heterocycles. The number of rotatable bonds is 11. The summed E-state index contributed by atoms with van der Waals surface area (Å²) in [5.41, 5.74) is 4.03. The molecular weight excluding hydrogens is 650 g/mol. The third-order valence-corrected chi connectivity index (χ3v) is 13.6. The first-order chi connectivity index (χ1) is 23.6. The van der Waals surface area contributed by atoms with Crippen LogP contribution in [0.5, 0.6) is 0 Å². The van der Waals surface area contributed by atoms with Crippen LogP contribution in [0.25, 0.3) is 0 Å². The molecule has 6 N–H and O–H groups in total. The average Bonchev–Trinajstić information content (AvgIpc) is 3.20. The first-order valence-corrected chi connectivity index (χ1v) is 19.1. The Morgan fingerprint density at radius 2 is 1.53 bits per heavy atom. The molecule has 2 spiro atoms. The van der Waals surface area contributed by atoms with Gasteiger partial charge in [0.25, 0.3) is 5.91 Å². The molecule has 286 valence electrons. The highest BCUT2D eigenvalue weighted by Gasteiger charge is 2.85. The normalized spacial score (nSPS) is 27.9. The van der Waals surface area contributed by atoms with E-state index in [0.29, 0.717) is 39.0 Å². The van der Waals surface area contributed by atoms with Crippen LogP contribution in [0.1, 0.15) is 114 Å². The number of nitrogens with two attached hydrogens (primary N) is 1. The van der Waals surface area contributed by atoms with E-state index in [4.69, 9.17) is 5.73 Å². The van der Waals surface area contributed by atoms with Crippen LogP contribution < -0.4 is 27.0 Å². The van der Waals surface area contributed by atoms with E-state index in [1.165, 1.54) is 0 Å².